The first kappa shape index (κ1) is 19.8. The minimum atomic E-state index is -3.49. The Balaban J connectivity index is 0.00000225. The number of sulfone groups is 1. The Bertz CT molecular complexity index is 834. The Kier molecular flexibility index (Phi) is 6.49. The molecule has 2 aromatic rings. The fourth-order valence-electron chi connectivity index (χ4n) is 3.04. The van der Waals surface area contributed by atoms with Crippen molar-refractivity contribution >= 4 is 22.2 Å². The first-order valence-electron chi connectivity index (χ1n) is 8.27. The minimum Gasteiger partial charge on any atom is -0.492 e. The SMILES string of the molecule is CN(C)CCCCCOc1cccc2c1S(=O)(=O)c1ccccc1-2.Cl. The quantitative estimate of drug-likeness (QED) is 0.579. The highest BCUT2D eigenvalue weighted by Crippen LogP contribution is 2.47. The van der Waals surface area contributed by atoms with Gasteiger partial charge in [0.05, 0.1) is 11.5 Å². The summed E-state index contributed by atoms with van der Waals surface area (Å²) < 4.78 is 31.5. The van der Waals surface area contributed by atoms with Gasteiger partial charge < -0.3 is 9.64 Å². The Morgan fingerprint density at radius 1 is 0.920 bits per heavy atom. The molecule has 0 spiro atoms. The van der Waals surface area contributed by atoms with Crippen molar-refractivity contribution in [1.29, 1.82) is 0 Å². The summed E-state index contributed by atoms with van der Waals surface area (Å²) in [5, 5.41) is 0. The summed E-state index contributed by atoms with van der Waals surface area (Å²) in [6.07, 6.45) is 3.11. The second-order valence-electron chi connectivity index (χ2n) is 6.34. The van der Waals surface area contributed by atoms with E-state index in [1.165, 1.54) is 0 Å². The molecule has 0 aromatic heterocycles. The van der Waals surface area contributed by atoms with E-state index in [9.17, 15) is 8.42 Å². The van der Waals surface area contributed by atoms with Gasteiger partial charge in [-0.05, 0) is 52.0 Å². The topological polar surface area (TPSA) is 46.6 Å². The molecule has 0 N–H and O–H groups in total. The molecule has 1 heterocycles. The molecule has 0 fully saturated rings. The summed E-state index contributed by atoms with van der Waals surface area (Å²) in [6.45, 7) is 1.60. The monoisotopic (exact) mass is 381 g/mol. The highest BCUT2D eigenvalue weighted by molar-refractivity contribution is 7.92. The zero-order valence-electron chi connectivity index (χ0n) is 14.6. The van der Waals surface area contributed by atoms with Crippen molar-refractivity contribution < 1.29 is 13.2 Å². The number of fused-ring (bicyclic) bond motifs is 3. The average molecular weight is 382 g/mol. The molecule has 0 bridgehead atoms. The van der Waals surface area contributed by atoms with Crippen LogP contribution in [0.15, 0.2) is 52.3 Å². The van der Waals surface area contributed by atoms with Gasteiger partial charge in [0.1, 0.15) is 10.6 Å². The summed E-state index contributed by atoms with van der Waals surface area (Å²) in [5.41, 5.74) is 1.51. The molecule has 1 aliphatic rings. The normalized spacial score (nSPS) is 13.9. The van der Waals surface area contributed by atoms with Crippen molar-refractivity contribution in [3.8, 4) is 16.9 Å². The summed E-state index contributed by atoms with van der Waals surface area (Å²) in [7, 11) is 0.638. The van der Waals surface area contributed by atoms with Crippen LogP contribution in [0.25, 0.3) is 11.1 Å². The fraction of sp³-hybridized carbons (Fsp3) is 0.368. The molecular formula is C19H24ClNO3S. The van der Waals surface area contributed by atoms with E-state index >= 15 is 0 Å². The van der Waals surface area contributed by atoms with Crippen LogP contribution in [0.4, 0.5) is 0 Å². The highest BCUT2D eigenvalue weighted by atomic mass is 35.5. The third-order valence-electron chi connectivity index (χ3n) is 4.22. The lowest BCUT2D eigenvalue weighted by molar-refractivity contribution is 0.293. The van der Waals surface area contributed by atoms with Crippen LogP contribution in [0.1, 0.15) is 19.3 Å². The minimum absolute atomic E-state index is 0. The van der Waals surface area contributed by atoms with Crippen LogP contribution in [-0.2, 0) is 9.84 Å². The molecule has 0 radical (unpaired) electrons. The van der Waals surface area contributed by atoms with Crippen LogP contribution in [0.3, 0.4) is 0 Å². The van der Waals surface area contributed by atoms with Crippen LogP contribution in [0.2, 0.25) is 0 Å². The van der Waals surface area contributed by atoms with E-state index < -0.39 is 9.84 Å². The van der Waals surface area contributed by atoms with Crippen molar-refractivity contribution in [2.45, 2.75) is 29.1 Å². The van der Waals surface area contributed by atoms with Crippen LogP contribution in [0, 0.1) is 0 Å². The maximum Gasteiger partial charge on any atom is 0.211 e. The van der Waals surface area contributed by atoms with Gasteiger partial charge in [0, 0.05) is 11.1 Å². The molecule has 0 amide bonds. The van der Waals surface area contributed by atoms with Gasteiger partial charge in [-0.2, -0.15) is 0 Å². The van der Waals surface area contributed by atoms with Crippen LogP contribution in [-0.4, -0.2) is 40.6 Å². The van der Waals surface area contributed by atoms with Crippen LogP contribution in [0.5, 0.6) is 5.75 Å². The van der Waals surface area contributed by atoms with Gasteiger partial charge in [-0.1, -0.05) is 30.3 Å². The number of rotatable bonds is 7. The molecule has 0 saturated heterocycles. The molecule has 0 aliphatic carbocycles. The molecule has 2 aromatic carbocycles. The Labute approximate surface area is 156 Å². The van der Waals surface area contributed by atoms with E-state index in [2.05, 4.69) is 19.0 Å². The second kappa shape index (κ2) is 8.21. The number of benzene rings is 2. The number of halogens is 1. The third-order valence-corrected chi connectivity index (χ3v) is 6.12. The number of ether oxygens (including phenoxy) is 1. The van der Waals surface area contributed by atoms with Gasteiger partial charge in [-0.25, -0.2) is 8.42 Å². The molecule has 1 aliphatic heterocycles. The van der Waals surface area contributed by atoms with E-state index in [0.29, 0.717) is 22.1 Å². The summed E-state index contributed by atoms with van der Waals surface area (Å²) in [4.78, 5) is 2.86. The van der Waals surface area contributed by atoms with Crippen molar-refractivity contribution in [2.75, 3.05) is 27.2 Å². The zero-order chi connectivity index (χ0) is 17.2. The third kappa shape index (κ3) is 4.00. The lowest BCUT2D eigenvalue weighted by atomic mass is 10.1. The molecule has 0 atom stereocenters. The smallest absolute Gasteiger partial charge is 0.211 e. The molecule has 25 heavy (non-hydrogen) atoms. The van der Waals surface area contributed by atoms with Gasteiger partial charge in [0.15, 0.2) is 0 Å². The standard InChI is InChI=1S/C19H23NO3S.ClH/c1-20(2)13-6-3-7-14-23-17-11-8-10-16-15-9-4-5-12-18(15)24(21,22)19(16)17;/h4-5,8-12H,3,6-7,13-14H2,1-2H3;1H. The van der Waals surface area contributed by atoms with Gasteiger partial charge in [-0.3, -0.25) is 0 Å². The zero-order valence-corrected chi connectivity index (χ0v) is 16.2. The number of hydrogen-bond donors (Lipinski definition) is 0. The van der Waals surface area contributed by atoms with E-state index in [4.69, 9.17) is 4.74 Å². The molecule has 3 rings (SSSR count). The first-order chi connectivity index (χ1) is 11.5. The van der Waals surface area contributed by atoms with E-state index in [1.54, 1.807) is 18.2 Å². The van der Waals surface area contributed by atoms with Crippen molar-refractivity contribution in [1.82, 2.24) is 4.90 Å². The van der Waals surface area contributed by atoms with Crippen LogP contribution < -0.4 is 4.74 Å². The van der Waals surface area contributed by atoms with Crippen LogP contribution >= 0.6 is 12.4 Å². The van der Waals surface area contributed by atoms with Crippen molar-refractivity contribution in [2.24, 2.45) is 0 Å². The molecule has 0 unspecified atom stereocenters. The second-order valence-corrected chi connectivity index (χ2v) is 8.20. The van der Waals surface area contributed by atoms with E-state index in [1.807, 2.05) is 24.3 Å². The van der Waals surface area contributed by atoms with E-state index in [-0.39, 0.29) is 12.4 Å². The summed E-state index contributed by atoms with van der Waals surface area (Å²) in [6, 6.07) is 12.6. The number of nitrogens with zero attached hydrogens (tertiary/aromatic N) is 1. The molecule has 0 saturated carbocycles. The van der Waals surface area contributed by atoms with Crippen molar-refractivity contribution in [3.05, 3.63) is 42.5 Å². The maximum absolute atomic E-state index is 12.8. The lowest BCUT2D eigenvalue weighted by Crippen LogP contribution is -2.13. The predicted octanol–water partition coefficient (Wildman–Crippen LogP) is 4.03. The Hall–Kier alpha value is -1.56. The van der Waals surface area contributed by atoms with Gasteiger partial charge >= 0.3 is 0 Å². The largest absolute Gasteiger partial charge is 0.492 e. The Morgan fingerprint density at radius 2 is 1.64 bits per heavy atom. The number of hydrogen-bond acceptors (Lipinski definition) is 4. The Morgan fingerprint density at radius 3 is 2.40 bits per heavy atom. The predicted molar refractivity (Wildman–Crippen MR) is 102 cm³/mol. The van der Waals surface area contributed by atoms with Gasteiger partial charge in [-0.15, -0.1) is 12.4 Å². The van der Waals surface area contributed by atoms with Gasteiger partial charge in [0.25, 0.3) is 0 Å². The molecule has 4 nitrogen and oxygen atoms in total. The lowest BCUT2D eigenvalue weighted by Gasteiger charge is -2.11. The summed E-state index contributed by atoms with van der Waals surface area (Å²) >= 11 is 0. The summed E-state index contributed by atoms with van der Waals surface area (Å²) in [5.74, 6) is 0.469. The van der Waals surface area contributed by atoms with E-state index in [0.717, 1.165) is 36.9 Å². The number of unbranched alkanes of at least 4 members (excludes halogenated alkanes) is 2. The fourth-order valence-corrected chi connectivity index (χ4v) is 4.85. The van der Waals surface area contributed by atoms with Crippen molar-refractivity contribution in [3.63, 3.8) is 0 Å². The average Bonchev–Trinajstić information content (AvgIpc) is 2.80. The van der Waals surface area contributed by atoms with Gasteiger partial charge in [0.2, 0.25) is 9.84 Å². The highest BCUT2D eigenvalue weighted by Gasteiger charge is 2.35. The molecular weight excluding hydrogens is 358 g/mol. The molecule has 6 heteroatoms. The molecule has 136 valence electrons. The first-order valence-corrected chi connectivity index (χ1v) is 9.75. The maximum atomic E-state index is 12.8.